The molecule has 0 spiro atoms. The molecular formula is C11H15N5S2. The minimum absolute atomic E-state index is 0.853. The molecule has 2 rings (SSSR count). The van der Waals surface area contributed by atoms with Crippen LogP contribution in [0.3, 0.4) is 0 Å². The third kappa shape index (κ3) is 2.97. The number of rotatable bonds is 5. The van der Waals surface area contributed by atoms with Crippen molar-refractivity contribution in [2.75, 3.05) is 11.9 Å². The molecule has 0 saturated carbocycles. The topological polar surface area (TPSA) is 63.6 Å². The molecule has 0 aliphatic carbocycles. The third-order valence-corrected chi connectivity index (χ3v) is 4.23. The Bertz CT molecular complexity index is 526. The SMILES string of the molecule is CCNc1ncnc(Sc2nnc(C)s2)c1CC. The van der Waals surface area contributed by atoms with Crippen molar-refractivity contribution in [2.45, 2.75) is 36.6 Å². The molecule has 1 N–H and O–H groups in total. The molecule has 0 aliphatic heterocycles. The Balaban J connectivity index is 2.29. The van der Waals surface area contributed by atoms with Crippen LogP contribution in [0.5, 0.6) is 0 Å². The minimum atomic E-state index is 0.853. The highest BCUT2D eigenvalue weighted by atomic mass is 32.2. The van der Waals surface area contributed by atoms with Crippen molar-refractivity contribution in [3.63, 3.8) is 0 Å². The Morgan fingerprint density at radius 3 is 2.72 bits per heavy atom. The van der Waals surface area contributed by atoms with Gasteiger partial charge in [0.25, 0.3) is 0 Å². The van der Waals surface area contributed by atoms with Crippen LogP contribution in [0.25, 0.3) is 0 Å². The van der Waals surface area contributed by atoms with Crippen LogP contribution in [0.2, 0.25) is 0 Å². The Morgan fingerprint density at radius 2 is 2.11 bits per heavy atom. The third-order valence-electron chi connectivity index (χ3n) is 2.30. The van der Waals surface area contributed by atoms with Gasteiger partial charge in [0.2, 0.25) is 0 Å². The molecule has 0 fully saturated rings. The van der Waals surface area contributed by atoms with E-state index in [0.29, 0.717) is 0 Å². The van der Waals surface area contributed by atoms with E-state index in [-0.39, 0.29) is 0 Å². The van der Waals surface area contributed by atoms with Gasteiger partial charge < -0.3 is 5.32 Å². The second-order valence-corrected chi connectivity index (χ2v) is 6.00. The minimum Gasteiger partial charge on any atom is -0.370 e. The molecule has 0 saturated heterocycles. The summed E-state index contributed by atoms with van der Waals surface area (Å²) in [6.07, 6.45) is 2.48. The summed E-state index contributed by atoms with van der Waals surface area (Å²) in [7, 11) is 0. The molecule has 0 radical (unpaired) electrons. The molecule has 18 heavy (non-hydrogen) atoms. The second kappa shape index (κ2) is 6.10. The Hall–Kier alpha value is -1.21. The van der Waals surface area contributed by atoms with Gasteiger partial charge in [-0.25, -0.2) is 9.97 Å². The maximum Gasteiger partial charge on any atom is 0.180 e. The van der Waals surface area contributed by atoms with Gasteiger partial charge in [-0.05, 0) is 32.0 Å². The number of aryl methyl sites for hydroxylation is 1. The Labute approximate surface area is 114 Å². The standard InChI is InChI=1S/C11H15N5S2/c1-4-8-9(12-5-2)13-6-14-10(8)18-11-16-15-7(3)17-11/h6H,4-5H2,1-3H3,(H,12,13,14). The highest BCUT2D eigenvalue weighted by molar-refractivity contribution is 8.01. The van der Waals surface area contributed by atoms with Gasteiger partial charge in [-0.15, -0.1) is 10.2 Å². The summed E-state index contributed by atoms with van der Waals surface area (Å²) in [5.41, 5.74) is 1.14. The van der Waals surface area contributed by atoms with Crippen molar-refractivity contribution >= 4 is 28.9 Å². The van der Waals surface area contributed by atoms with E-state index < -0.39 is 0 Å². The van der Waals surface area contributed by atoms with Crippen molar-refractivity contribution < 1.29 is 0 Å². The van der Waals surface area contributed by atoms with Gasteiger partial charge in [0.1, 0.15) is 22.2 Å². The number of anilines is 1. The lowest BCUT2D eigenvalue weighted by molar-refractivity contribution is 0.931. The van der Waals surface area contributed by atoms with Gasteiger partial charge in [-0.2, -0.15) is 0 Å². The average Bonchev–Trinajstić information content (AvgIpc) is 2.76. The van der Waals surface area contributed by atoms with Gasteiger partial charge in [-0.3, -0.25) is 0 Å². The van der Waals surface area contributed by atoms with Crippen LogP contribution in [0, 0.1) is 6.92 Å². The van der Waals surface area contributed by atoms with Gasteiger partial charge in [0.15, 0.2) is 4.34 Å². The molecule has 2 heterocycles. The summed E-state index contributed by atoms with van der Waals surface area (Å²) in [5, 5.41) is 13.3. The molecule has 96 valence electrons. The monoisotopic (exact) mass is 281 g/mol. The van der Waals surface area contributed by atoms with Gasteiger partial charge >= 0.3 is 0 Å². The first-order chi connectivity index (χ1) is 8.74. The second-order valence-electron chi connectivity index (χ2n) is 3.58. The molecule has 0 bridgehead atoms. The largest absolute Gasteiger partial charge is 0.370 e. The molecule has 2 aromatic rings. The fourth-order valence-electron chi connectivity index (χ4n) is 1.52. The van der Waals surface area contributed by atoms with Gasteiger partial charge in [0.05, 0.1) is 0 Å². The fraction of sp³-hybridized carbons (Fsp3) is 0.455. The zero-order chi connectivity index (χ0) is 13.0. The zero-order valence-electron chi connectivity index (χ0n) is 10.6. The normalized spacial score (nSPS) is 10.6. The number of hydrogen-bond donors (Lipinski definition) is 1. The van der Waals surface area contributed by atoms with Gasteiger partial charge in [-0.1, -0.05) is 18.3 Å². The molecule has 0 aliphatic rings. The lowest BCUT2D eigenvalue weighted by Gasteiger charge is -2.10. The van der Waals surface area contributed by atoms with Crippen LogP contribution >= 0.6 is 23.1 Å². The van der Waals surface area contributed by atoms with Gasteiger partial charge in [0, 0.05) is 12.1 Å². The van der Waals surface area contributed by atoms with Crippen molar-refractivity contribution in [3.05, 3.63) is 16.9 Å². The summed E-state index contributed by atoms with van der Waals surface area (Å²) in [6, 6.07) is 0. The summed E-state index contributed by atoms with van der Waals surface area (Å²) < 4.78 is 0.920. The molecule has 2 aromatic heterocycles. The van der Waals surface area contributed by atoms with E-state index >= 15 is 0 Å². The molecule has 0 atom stereocenters. The Kier molecular flexibility index (Phi) is 4.48. The van der Waals surface area contributed by atoms with Crippen LogP contribution in [0.15, 0.2) is 15.7 Å². The molecule has 0 aromatic carbocycles. The number of nitrogens with zero attached hydrogens (tertiary/aromatic N) is 4. The first kappa shape index (κ1) is 13.2. The zero-order valence-corrected chi connectivity index (χ0v) is 12.2. The predicted molar refractivity (Wildman–Crippen MR) is 74.3 cm³/mol. The number of nitrogens with one attached hydrogen (secondary N) is 1. The van der Waals surface area contributed by atoms with E-state index in [2.05, 4.69) is 39.3 Å². The van der Waals surface area contributed by atoms with Crippen molar-refractivity contribution in [1.82, 2.24) is 20.2 Å². The van der Waals surface area contributed by atoms with Crippen LogP contribution in [0.1, 0.15) is 24.4 Å². The van der Waals surface area contributed by atoms with Crippen LogP contribution in [0.4, 0.5) is 5.82 Å². The summed E-state index contributed by atoms with van der Waals surface area (Å²) in [5.74, 6) is 0.915. The van der Waals surface area contributed by atoms with Crippen LogP contribution < -0.4 is 5.32 Å². The Morgan fingerprint density at radius 1 is 1.28 bits per heavy atom. The first-order valence-electron chi connectivity index (χ1n) is 5.80. The highest BCUT2D eigenvalue weighted by Crippen LogP contribution is 2.32. The summed E-state index contributed by atoms with van der Waals surface area (Å²) in [4.78, 5) is 8.63. The maximum absolute atomic E-state index is 4.35. The smallest absolute Gasteiger partial charge is 0.180 e. The molecular weight excluding hydrogens is 266 g/mol. The molecule has 0 amide bonds. The van der Waals surface area contributed by atoms with E-state index in [1.807, 2.05) is 6.92 Å². The van der Waals surface area contributed by atoms with E-state index in [1.165, 1.54) is 0 Å². The highest BCUT2D eigenvalue weighted by Gasteiger charge is 2.12. The number of aromatic nitrogens is 4. The molecule has 0 unspecified atom stereocenters. The summed E-state index contributed by atoms with van der Waals surface area (Å²) >= 11 is 3.13. The predicted octanol–water partition coefficient (Wildman–Crippen LogP) is 2.78. The number of hydrogen-bond acceptors (Lipinski definition) is 7. The van der Waals surface area contributed by atoms with E-state index in [4.69, 9.17) is 0 Å². The first-order valence-corrected chi connectivity index (χ1v) is 7.43. The lowest BCUT2D eigenvalue weighted by Crippen LogP contribution is -2.05. The average molecular weight is 281 g/mol. The fourth-order valence-corrected chi connectivity index (χ4v) is 3.42. The maximum atomic E-state index is 4.35. The van der Waals surface area contributed by atoms with E-state index in [1.54, 1.807) is 29.4 Å². The van der Waals surface area contributed by atoms with Crippen LogP contribution in [-0.4, -0.2) is 26.7 Å². The summed E-state index contributed by atoms with van der Waals surface area (Å²) in [6.45, 7) is 6.97. The quantitative estimate of drug-likeness (QED) is 0.850. The van der Waals surface area contributed by atoms with E-state index in [0.717, 1.165) is 38.7 Å². The van der Waals surface area contributed by atoms with E-state index in [9.17, 15) is 0 Å². The van der Waals surface area contributed by atoms with Crippen molar-refractivity contribution in [2.24, 2.45) is 0 Å². The van der Waals surface area contributed by atoms with Crippen molar-refractivity contribution in [1.29, 1.82) is 0 Å². The van der Waals surface area contributed by atoms with Crippen LogP contribution in [-0.2, 0) is 6.42 Å². The lowest BCUT2D eigenvalue weighted by atomic mass is 10.2. The molecule has 7 heteroatoms. The molecule has 5 nitrogen and oxygen atoms in total. The van der Waals surface area contributed by atoms with Crippen molar-refractivity contribution in [3.8, 4) is 0 Å².